The number of aliphatic hydroxyl groups is 1. The third-order valence-corrected chi connectivity index (χ3v) is 5.34. The Balaban J connectivity index is 1.65. The maximum Gasteiger partial charge on any atom is 0.0948 e. The molecular weight excluding hydrogens is 260 g/mol. The number of hydrogen-bond acceptors (Lipinski definition) is 3. The van der Waals surface area contributed by atoms with Gasteiger partial charge in [0.05, 0.1) is 6.10 Å². The molecule has 0 saturated carbocycles. The van der Waals surface area contributed by atoms with E-state index in [1.165, 1.54) is 31.5 Å². The number of nitrogens with zero attached hydrogens (tertiary/aromatic N) is 2. The first kappa shape index (κ1) is 15.0. The lowest BCUT2D eigenvalue weighted by molar-refractivity contribution is 0.0411. The fourth-order valence-electron chi connectivity index (χ4n) is 3.95. The predicted octanol–water partition coefficient (Wildman–Crippen LogP) is 2.62. The number of likely N-dealkylation sites (N-methyl/N-ethyl adjacent to an activating group) is 1. The summed E-state index contributed by atoms with van der Waals surface area (Å²) < 4.78 is 0. The van der Waals surface area contributed by atoms with Gasteiger partial charge in [-0.3, -0.25) is 4.90 Å². The fourth-order valence-corrected chi connectivity index (χ4v) is 3.95. The molecule has 1 aliphatic carbocycles. The average Bonchev–Trinajstić information content (AvgIpc) is 3.02. The predicted molar refractivity (Wildman–Crippen MR) is 86.5 cm³/mol. The smallest absolute Gasteiger partial charge is 0.0948 e. The number of rotatable bonds is 4. The second-order valence-electron chi connectivity index (χ2n) is 6.81. The van der Waals surface area contributed by atoms with Crippen molar-refractivity contribution in [2.75, 3.05) is 33.2 Å². The van der Waals surface area contributed by atoms with Crippen LogP contribution in [-0.2, 0) is 0 Å². The van der Waals surface area contributed by atoms with Crippen molar-refractivity contribution in [2.24, 2.45) is 0 Å². The van der Waals surface area contributed by atoms with Crippen molar-refractivity contribution in [2.45, 2.75) is 44.2 Å². The van der Waals surface area contributed by atoms with Crippen molar-refractivity contribution in [1.29, 1.82) is 0 Å². The highest BCUT2D eigenvalue weighted by Gasteiger charge is 2.34. The molecule has 1 aromatic carbocycles. The molecule has 1 N–H and O–H groups in total. The van der Waals surface area contributed by atoms with Gasteiger partial charge in [0.2, 0.25) is 0 Å². The van der Waals surface area contributed by atoms with Gasteiger partial charge in [0.15, 0.2) is 0 Å². The maximum atomic E-state index is 10.7. The lowest BCUT2D eigenvalue weighted by atomic mass is 9.79. The van der Waals surface area contributed by atoms with Crippen LogP contribution in [-0.4, -0.2) is 54.2 Å². The highest BCUT2D eigenvalue weighted by Crippen LogP contribution is 2.39. The first-order valence-electron chi connectivity index (χ1n) is 8.36. The molecule has 3 atom stereocenters. The summed E-state index contributed by atoms with van der Waals surface area (Å²) in [4.78, 5) is 4.92. The lowest BCUT2D eigenvalue weighted by Gasteiger charge is -2.39. The Hall–Kier alpha value is -0.900. The third-order valence-electron chi connectivity index (χ3n) is 5.34. The quantitative estimate of drug-likeness (QED) is 0.922. The zero-order chi connectivity index (χ0) is 14.8. The number of aliphatic hydroxyl groups excluding tert-OH is 1. The summed E-state index contributed by atoms with van der Waals surface area (Å²) in [5.41, 5.74) is 2.46. The van der Waals surface area contributed by atoms with E-state index in [1.54, 1.807) is 0 Å². The zero-order valence-corrected chi connectivity index (χ0v) is 13.3. The number of benzene rings is 1. The van der Waals surface area contributed by atoms with Crippen LogP contribution < -0.4 is 0 Å². The third kappa shape index (κ3) is 3.15. The minimum Gasteiger partial charge on any atom is -0.387 e. The van der Waals surface area contributed by atoms with Crippen LogP contribution >= 0.6 is 0 Å². The Labute approximate surface area is 128 Å². The normalized spacial score (nSPS) is 29.8. The fraction of sp³-hybridized carbons (Fsp3) is 0.667. The second-order valence-corrected chi connectivity index (χ2v) is 6.81. The van der Waals surface area contributed by atoms with E-state index >= 15 is 0 Å². The van der Waals surface area contributed by atoms with Gasteiger partial charge in [0.1, 0.15) is 0 Å². The highest BCUT2D eigenvalue weighted by atomic mass is 16.3. The summed E-state index contributed by atoms with van der Waals surface area (Å²) in [6.07, 6.45) is 3.40. The van der Waals surface area contributed by atoms with E-state index in [-0.39, 0.29) is 12.1 Å². The maximum absolute atomic E-state index is 10.7. The van der Waals surface area contributed by atoms with Crippen LogP contribution in [0.1, 0.15) is 49.3 Å². The summed E-state index contributed by atoms with van der Waals surface area (Å²) in [5, 5.41) is 10.7. The Bertz CT molecular complexity index is 470. The number of hydrogen-bond donors (Lipinski definition) is 1. The second kappa shape index (κ2) is 6.47. The van der Waals surface area contributed by atoms with Gasteiger partial charge in [0.25, 0.3) is 0 Å². The molecule has 21 heavy (non-hydrogen) atoms. The van der Waals surface area contributed by atoms with E-state index in [9.17, 15) is 5.11 Å². The molecule has 0 amide bonds. The monoisotopic (exact) mass is 288 g/mol. The van der Waals surface area contributed by atoms with Gasteiger partial charge in [-0.1, -0.05) is 31.2 Å². The van der Waals surface area contributed by atoms with Gasteiger partial charge in [0, 0.05) is 19.1 Å². The molecular formula is C18H28N2O. The van der Waals surface area contributed by atoms with Gasteiger partial charge >= 0.3 is 0 Å². The van der Waals surface area contributed by atoms with Crippen LogP contribution in [0.25, 0.3) is 0 Å². The Morgan fingerprint density at radius 2 is 1.86 bits per heavy atom. The van der Waals surface area contributed by atoms with Gasteiger partial charge in [-0.25, -0.2) is 0 Å². The van der Waals surface area contributed by atoms with Crippen LogP contribution in [0.2, 0.25) is 0 Å². The molecule has 116 valence electrons. The van der Waals surface area contributed by atoms with Crippen molar-refractivity contribution in [3.63, 3.8) is 0 Å². The molecule has 0 bridgehead atoms. The van der Waals surface area contributed by atoms with Gasteiger partial charge in [-0.15, -0.1) is 0 Å². The minimum absolute atomic E-state index is 0.248. The largest absolute Gasteiger partial charge is 0.387 e. The van der Waals surface area contributed by atoms with Gasteiger partial charge < -0.3 is 10.0 Å². The molecule has 0 radical (unpaired) electrons. The summed E-state index contributed by atoms with van der Waals surface area (Å²) in [7, 11) is 2.17. The summed E-state index contributed by atoms with van der Waals surface area (Å²) in [6, 6.07) is 8.64. The van der Waals surface area contributed by atoms with E-state index < -0.39 is 0 Å². The molecule has 0 spiro atoms. The molecule has 3 heteroatoms. The summed E-state index contributed by atoms with van der Waals surface area (Å²) in [5.74, 6) is 0.531. The molecule has 3 nitrogen and oxygen atoms in total. The number of fused-ring (bicyclic) bond motifs is 1. The van der Waals surface area contributed by atoms with Crippen molar-refractivity contribution >= 4 is 0 Å². The zero-order valence-electron chi connectivity index (χ0n) is 13.3. The van der Waals surface area contributed by atoms with Crippen LogP contribution in [0.4, 0.5) is 0 Å². The van der Waals surface area contributed by atoms with E-state index in [0.717, 1.165) is 25.1 Å². The van der Waals surface area contributed by atoms with Crippen molar-refractivity contribution in [1.82, 2.24) is 9.80 Å². The molecule has 1 heterocycles. The highest BCUT2D eigenvalue weighted by molar-refractivity contribution is 5.35. The van der Waals surface area contributed by atoms with Crippen LogP contribution in [0.15, 0.2) is 24.3 Å². The van der Waals surface area contributed by atoms with Gasteiger partial charge in [-0.05, 0) is 56.4 Å². The van der Waals surface area contributed by atoms with Crippen LogP contribution in [0.5, 0.6) is 0 Å². The average molecular weight is 288 g/mol. The standard InChI is InChI=1S/C18H28N2O/c1-14-13-17(18(21)16-8-4-3-7-15(14)16)19(2)11-12-20-9-5-6-10-20/h3-4,7-8,14,17-18,21H,5-6,9-13H2,1-2H3. The molecule has 3 unspecified atom stereocenters. The van der Waals surface area contributed by atoms with E-state index in [4.69, 9.17) is 0 Å². The molecule has 1 aromatic rings. The van der Waals surface area contributed by atoms with Gasteiger partial charge in [-0.2, -0.15) is 0 Å². The summed E-state index contributed by atoms with van der Waals surface area (Å²) in [6.45, 7) is 6.97. The first-order chi connectivity index (χ1) is 10.2. The number of likely N-dealkylation sites (tertiary alicyclic amines) is 1. The van der Waals surface area contributed by atoms with E-state index in [1.807, 2.05) is 6.07 Å². The molecule has 0 aromatic heterocycles. The molecule has 1 aliphatic heterocycles. The summed E-state index contributed by atoms with van der Waals surface area (Å²) >= 11 is 0. The van der Waals surface area contributed by atoms with Crippen molar-refractivity contribution in [3.8, 4) is 0 Å². The first-order valence-corrected chi connectivity index (χ1v) is 8.36. The Kier molecular flexibility index (Phi) is 4.63. The minimum atomic E-state index is -0.346. The van der Waals surface area contributed by atoms with E-state index in [2.05, 4.69) is 42.0 Å². The van der Waals surface area contributed by atoms with Crippen LogP contribution in [0.3, 0.4) is 0 Å². The lowest BCUT2D eigenvalue weighted by Crippen LogP contribution is -2.43. The van der Waals surface area contributed by atoms with Crippen molar-refractivity contribution < 1.29 is 5.11 Å². The van der Waals surface area contributed by atoms with Crippen LogP contribution in [0, 0.1) is 0 Å². The molecule has 3 rings (SSSR count). The topological polar surface area (TPSA) is 26.7 Å². The molecule has 1 fully saturated rings. The van der Waals surface area contributed by atoms with E-state index in [0.29, 0.717) is 5.92 Å². The molecule has 2 aliphatic rings. The Morgan fingerprint density at radius 1 is 1.19 bits per heavy atom. The SMILES string of the molecule is CC1CC(N(C)CCN2CCCC2)C(O)c2ccccc21. The Morgan fingerprint density at radius 3 is 2.57 bits per heavy atom. The molecule has 1 saturated heterocycles. The van der Waals surface area contributed by atoms with Crippen molar-refractivity contribution in [3.05, 3.63) is 35.4 Å².